The van der Waals surface area contributed by atoms with Crippen LogP contribution in [-0.2, 0) is 29.3 Å². The molecule has 10 heteroatoms. The van der Waals surface area contributed by atoms with Gasteiger partial charge in [0.05, 0.1) is 11.5 Å². The van der Waals surface area contributed by atoms with E-state index in [9.17, 15) is 26.4 Å². The van der Waals surface area contributed by atoms with Gasteiger partial charge in [0.2, 0.25) is 0 Å². The Bertz CT molecular complexity index is 714. The summed E-state index contributed by atoms with van der Waals surface area (Å²) in [7, 11) is -7.93. The van der Waals surface area contributed by atoms with Gasteiger partial charge in [-0.15, -0.1) is 0 Å². The molecule has 0 aromatic carbocycles. The monoisotopic (exact) mass is 338 g/mol. The molecule has 0 aliphatic rings. The Labute approximate surface area is 123 Å². The van der Waals surface area contributed by atoms with E-state index in [4.69, 9.17) is 11.5 Å². The number of hydrogen-bond donors (Lipinski definition) is 2. The van der Waals surface area contributed by atoms with Crippen molar-refractivity contribution in [1.29, 1.82) is 0 Å². The molecule has 0 unspecified atom stereocenters. The van der Waals surface area contributed by atoms with E-state index in [2.05, 4.69) is 0 Å². The van der Waals surface area contributed by atoms with Crippen molar-refractivity contribution in [3.05, 3.63) is 21.5 Å². The largest absolute Gasteiger partial charge is 0.365 e. The summed E-state index contributed by atoms with van der Waals surface area (Å²) in [6, 6.07) is 0. The van der Waals surface area contributed by atoms with E-state index < -0.39 is 52.8 Å². The highest BCUT2D eigenvalue weighted by molar-refractivity contribution is 7.96. The fraction of sp³-hybridized carbons (Fsp3) is 0.455. The molecule has 120 valence electrons. The number of hydrogen-bond acceptors (Lipinski definition) is 6. The third-order valence-corrected chi connectivity index (χ3v) is 6.23. The molecule has 0 rings (SSSR count). The van der Waals surface area contributed by atoms with Crippen LogP contribution in [0.5, 0.6) is 0 Å². The predicted octanol–water partition coefficient (Wildman–Crippen LogP) is -1.02. The number of carbonyl (C=O) groups is 2. The quantitative estimate of drug-likeness (QED) is 0.447. The van der Waals surface area contributed by atoms with E-state index in [1.54, 1.807) is 0 Å². The summed E-state index contributed by atoms with van der Waals surface area (Å²) < 4.78 is 47.1. The summed E-state index contributed by atoms with van der Waals surface area (Å²) in [4.78, 5) is 21.0. The number of amides is 2. The van der Waals surface area contributed by atoms with E-state index in [0.717, 1.165) is 6.08 Å². The van der Waals surface area contributed by atoms with Crippen LogP contribution in [0.3, 0.4) is 0 Å². The summed E-state index contributed by atoms with van der Waals surface area (Å²) >= 11 is 0. The molecule has 0 atom stereocenters. The number of rotatable bonds is 7. The van der Waals surface area contributed by atoms with Crippen LogP contribution in [0.2, 0.25) is 0 Å². The Morgan fingerprint density at radius 1 is 0.905 bits per heavy atom. The van der Waals surface area contributed by atoms with Crippen LogP contribution in [0.25, 0.3) is 0 Å². The van der Waals surface area contributed by atoms with Crippen LogP contribution in [0.4, 0.5) is 0 Å². The molecule has 8 nitrogen and oxygen atoms in total. The maximum Gasteiger partial charge on any atom is 0.260 e. The summed E-state index contributed by atoms with van der Waals surface area (Å²) in [5, 5.41) is 0. The van der Waals surface area contributed by atoms with E-state index in [1.165, 1.54) is 20.8 Å². The Kier molecular flexibility index (Phi) is 6.30. The molecule has 0 saturated heterocycles. The SMILES string of the molecule is CCS(=O)(=O)C(=CC(C)=C(C(N)=O)S(=O)(=O)CC)C(N)=O. The van der Waals surface area contributed by atoms with Gasteiger partial charge in [-0.1, -0.05) is 13.8 Å². The molecule has 0 heterocycles. The van der Waals surface area contributed by atoms with Gasteiger partial charge >= 0.3 is 0 Å². The van der Waals surface area contributed by atoms with Crippen LogP contribution in [-0.4, -0.2) is 40.2 Å². The number of primary amides is 2. The molecule has 4 N–H and O–H groups in total. The molecule has 21 heavy (non-hydrogen) atoms. The lowest BCUT2D eigenvalue weighted by Crippen LogP contribution is -2.25. The molecule has 0 spiro atoms. The molecule has 0 fully saturated rings. The van der Waals surface area contributed by atoms with Crippen LogP contribution in [0.15, 0.2) is 21.5 Å². The van der Waals surface area contributed by atoms with Gasteiger partial charge in [-0.05, 0) is 18.6 Å². The maximum atomic E-state index is 11.8. The molecule has 0 bridgehead atoms. The number of sulfone groups is 2. The lowest BCUT2D eigenvalue weighted by Gasteiger charge is -2.08. The Morgan fingerprint density at radius 2 is 1.33 bits per heavy atom. The van der Waals surface area contributed by atoms with Gasteiger partial charge in [-0.3, -0.25) is 9.59 Å². The highest BCUT2D eigenvalue weighted by Crippen LogP contribution is 2.18. The molecule has 0 aliphatic heterocycles. The van der Waals surface area contributed by atoms with Gasteiger partial charge in [0.15, 0.2) is 19.7 Å². The Balaban J connectivity index is 6.49. The van der Waals surface area contributed by atoms with Gasteiger partial charge in [-0.2, -0.15) is 0 Å². The van der Waals surface area contributed by atoms with Crippen LogP contribution < -0.4 is 11.5 Å². The van der Waals surface area contributed by atoms with Gasteiger partial charge in [0.1, 0.15) is 9.81 Å². The number of nitrogens with two attached hydrogens (primary N) is 2. The number of allylic oxidation sites excluding steroid dienone is 2. The van der Waals surface area contributed by atoms with Crippen molar-refractivity contribution in [3.8, 4) is 0 Å². The molecule has 2 amide bonds. The van der Waals surface area contributed by atoms with Crippen molar-refractivity contribution in [2.24, 2.45) is 11.5 Å². The second kappa shape index (κ2) is 6.85. The number of carbonyl (C=O) groups excluding carboxylic acids is 2. The zero-order valence-corrected chi connectivity index (χ0v) is 13.5. The highest BCUT2D eigenvalue weighted by Gasteiger charge is 2.26. The first-order valence-corrected chi connectivity index (χ1v) is 9.18. The molecule has 0 saturated carbocycles. The van der Waals surface area contributed by atoms with Gasteiger partial charge < -0.3 is 11.5 Å². The highest BCUT2D eigenvalue weighted by atomic mass is 32.2. The Morgan fingerprint density at radius 3 is 1.62 bits per heavy atom. The van der Waals surface area contributed by atoms with E-state index >= 15 is 0 Å². The average molecular weight is 338 g/mol. The molecular formula is C11H18N2O6S2. The average Bonchev–Trinajstić information content (AvgIpc) is 2.34. The summed E-state index contributed by atoms with van der Waals surface area (Å²) in [6.07, 6.45) is 0.758. The summed E-state index contributed by atoms with van der Waals surface area (Å²) in [5.74, 6) is -3.28. The molecular weight excluding hydrogens is 320 g/mol. The second-order valence-corrected chi connectivity index (χ2v) is 8.52. The standard InChI is InChI=1S/C11H18N2O6S2/c1-4-20(16,17)8(10(12)14)6-7(3)9(11(13)15)21(18,19)5-2/h6H,4-5H2,1-3H3,(H2,12,14)(H2,13,15). The molecule has 0 aliphatic carbocycles. The van der Waals surface area contributed by atoms with E-state index in [-0.39, 0.29) is 5.57 Å². The first-order chi connectivity index (χ1) is 9.40. The molecule has 0 aromatic heterocycles. The Hall–Kier alpha value is -1.68. The smallest absolute Gasteiger partial charge is 0.260 e. The zero-order chi connectivity index (χ0) is 17.0. The minimum atomic E-state index is -3.97. The minimum absolute atomic E-state index is 0.254. The first kappa shape index (κ1) is 19.3. The van der Waals surface area contributed by atoms with Crippen LogP contribution in [0.1, 0.15) is 20.8 Å². The third kappa shape index (κ3) is 4.67. The van der Waals surface area contributed by atoms with Crippen molar-refractivity contribution in [2.75, 3.05) is 11.5 Å². The summed E-state index contributed by atoms with van der Waals surface area (Å²) in [6.45, 7) is 3.76. The van der Waals surface area contributed by atoms with E-state index in [1.807, 2.05) is 0 Å². The van der Waals surface area contributed by atoms with Crippen molar-refractivity contribution in [2.45, 2.75) is 20.8 Å². The topological polar surface area (TPSA) is 154 Å². The molecule has 0 radical (unpaired) electrons. The van der Waals surface area contributed by atoms with Crippen molar-refractivity contribution < 1.29 is 26.4 Å². The lowest BCUT2D eigenvalue weighted by atomic mass is 10.2. The van der Waals surface area contributed by atoms with Crippen LogP contribution in [0, 0.1) is 0 Å². The molecule has 0 aromatic rings. The van der Waals surface area contributed by atoms with E-state index in [0.29, 0.717) is 0 Å². The predicted molar refractivity (Wildman–Crippen MR) is 78.1 cm³/mol. The fourth-order valence-corrected chi connectivity index (χ4v) is 3.59. The normalized spacial score (nSPS) is 14.5. The van der Waals surface area contributed by atoms with Gasteiger partial charge in [0, 0.05) is 0 Å². The summed E-state index contributed by atoms with van der Waals surface area (Å²) in [5.41, 5.74) is 9.76. The minimum Gasteiger partial charge on any atom is -0.365 e. The van der Waals surface area contributed by atoms with Gasteiger partial charge in [-0.25, -0.2) is 16.8 Å². The van der Waals surface area contributed by atoms with Crippen molar-refractivity contribution >= 4 is 31.5 Å². The van der Waals surface area contributed by atoms with Gasteiger partial charge in [0.25, 0.3) is 11.8 Å². The second-order valence-electron chi connectivity index (χ2n) is 4.06. The first-order valence-electron chi connectivity index (χ1n) is 5.88. The zero-order valence-electron chi connectivity index (χ0n) is 11.9. The third-order valence-electron chi connectivity index (χ3n) is 2.58. The fourth-order valence-electron chi connectivity index (χ4n) is 1.47. The van der Waals surface area contributed by atoms with Crippen molar-refractivity contribution in [1.82, 2.24) is 0 Å². The van der Waals surface area contributed by atoms with Crippen molar-refractivity contribution in [3.63, 3.8) is 0 Å². The lowest BCUT2D eigenvalue weighted by molar-refractivity contribution is -0.114. The maximum absolute atomic E-state index is 11.8. The van der Waals surface area contributed by atoms with Crippen LogP contribution >= 0.6 is 0 Å².